The lowest BCUT2D eigenvalue weighted by molar-refractivity contribution is -0.141. The molecule has 3 aromatic carbocycles. The molecule has 3 aromatic rings. The van der Waals surface area contributed by atoms with E-state index in [0.717, 1.165) is 22.3 Å². The van der Waals surface area contributed by atoms with Crippen molar-refractivity contribution in [2.75, 3.05) is 0 Å². The highest BCUT2D eigenvalue weighted by atomic mass is 35.5. The van der Waals surface area contributed by atoms with Gasteiger partial charge in [-0.05, 0) is 60.2 Å². The number of benzene rings is 3. The molecule has 0 radical (unpaired) electrons. The van der Waals surface area contributed by atoms with Gasteiger partial charge in [0.25, 0.3) is 5.91 Å². The molecule has 1 N–H and O–H groups in total. The highest BCUT2D eigenvalue weighted by Crippen LogP contribution is 2.40. The van der Waals surface area contributed by atoms with E-state index < -0.39 is 12.0 Å². The summed E-state index contributed by atoms with van der Waals surface area (Å²) in [6.45, 7) is 2.05. The number of nitrogens with zero attached hydrogens (tertiary/aromatic N) is 1. The Labute approximate surface area is 180 Å². The average Bonchev–Trinajstić information content (AvgIpc) is 3.19. The van der Waals surface area contributed by atoms with Crippen molar-refractivity contribution in [3.8, 4) is 11.1 Å². The molecule has 0 saturated carbocycles. The number of halogens is 1. The standard InChI is InChI=1S/C25H22ClNO3/c1-16-6-2-3-7-19(16)17-10-12-18(13-11-17)24(28)27-22(14-15-23(27)25(29)30)20-8-4-5-9-21(20)26/h2-13,22-23H,14-15H2,1H3,(H,29,30)/t22-,23+/m1/s1. The lowest BCUT2D eigenvalue weighted by Crippen LogP contribution is -2.41. The van der Waals surface area contributed by atoms with Crippen LogP contribution in [0.3, 0.4) is 0 Å². The Hall–Kier alpha value is -3.11. The Balaban J connectivity index is 1.68. The fraction of sp³-hybridized carbons (Fsp3) is 0.200. The van der Waals surface area contributed by atoms with Gasteiger partial charge < -0.3 is 10.0 Å². The Kier molecular flexibility index (Phi) is 5.60. The van der Waals surface area contributed by atoms with E-state index in [0.29, 0.717) is 23.4 Å². The molecule has 1 saturated heterocycles. The topological polar surface area (TPSA) is 57.6 Å². The Morgan fingerprint density at radius 3 is 2.27 bits per heavy atom. The quantitative estimate of drug-likeness (QED) is 0.586. The predicted octanol–water partition coefficient (Wildman–Crippen LogP) is 5.75. The van der Waals surface area contributed by atoms with Gasteiger partial charge in [-0.15, -0.1) is 0 Å². The maximum absolute atomic E-state index is 13.4. The fourth-order valence-electron chi connectivity index (χ4n) is 4.23. The third-order valence-electron chi connectivity index (χ3n) is 5.76. The van der Waals surface area contributed by atoms with E-state index in [-0.39, 0.29) is 11.9 Å². The van der Waals surface area contributed by atoms with Gasteiger partial charge in [-0.1, -0.05) is 66.2 Å². The zero-order valence-corrected chi connectivity index (χ0v) is 17.3. The number of carbonyl (C=O) groups is 2. The van der Waals surface area contributed by atoms with Crippen LogP contribution in [-0.2, 0) is 4.79 Å². The molecule has 152 valence electrons. The first-order chi connectivity index (χ1) is 14.5. The minimum absolute atomic E-state index is 0.291. The second-order valence-corrected chi connectivity index (χ2v) is 7.98. The molecule has 1 fully saturated rings. The van der Waals surface area contributed by atoms with E-state index in [1.807, 2.05) is 61.5 Å². The molecule has 0 aromatic heterocycles. The van der Waals surface area contributed by atoms with Crippen LogP contribution in [0, 0.1) is 6.92 Å². The number of hydrogen-bond acceptors (Lipinski definition) is 2. The first-order valence-corrected chi connectivity index (χ1v) is 10.3. The van der Waals surface area contributed by atoms with E-state index in [9.17, 15) is 14.7 Å². The molecular formula is C25H22ClNO3. The normalized spacial score (nSPS) is 18.4. The second-order valence-electron chi connectivity index (χ2n) is 7.57. The molecule has 1 aliphatic heterocycles. The van der Waals surface area contributed by atoms with Crippen LogP contribution in [0.2, 0.25) is 5.02 Å². The summed E-state index contributed by atoms with van der Waals surface area (Å²) in [6, 6.07) is 21.5. The lowest BCUT2D eigenvalue weighted by Gasteiger charge is -2.29. The van der Waals surface area contributed by atoms with Crippen LogP contribution in [0.1, 0.15) is 40.4 Å². The number of amides is 1. The first kappa shape index (κ1) is 20.2. The molecule has 1 amide bonds. The van der Waals surface area contributed by atoms with E-state index >= 15 is 0 Å². The Bertz CT molecular complexity index is 1090. The van der Waals surface area contributed by atoms with Crippen molar-refractivity contribution >= 4 is 23.5 Å². The van der Waals surface area contributed by atoms with Crippen molar-refractivity contribution in [1.82, 2.24) is 4.90 Å². The highest BCUT2D eigenvalue weighted by molar-refractivity contribution is 6.31. The van der Waals surface area contributed by atoms with E-state index in [1.165, 1.54) is 4.90 Å². The number of aliphatic carboxylic acids is 1. The van der Waals surface area contributed by atoms with Crippen molar-refractivity contribution < 1.29 is 14.7 Å². The van der Waals surface area contributed by atoms with Crippen LogP contribution >= 0.6 is 11.6 Å². The van der Waals surface area contributed by atoms with Crippen molar-refractivity contribution in [3.63, 3.8) is 0 Å². The smallest absolute Gasteiger partial charge is 0.326 e. The van der Waals surface area contributed by atoms with Gasteiger partial charge in [-0.25, -0.2) is 4.79 Å². The van der Waals surface area contributed by atoms with Crippen molar-refractivity contribution in [1.29, 1.82) is 0 Å². The molecule has 0 unspecified atom stereocenters. The molecule has 0 spiro atoms. The lowest BCUT2D eigenvalue weighted by atomic mass is 9.99. The van der Waals surface area contributed by atoms with Gasteiger partial charge in [-0.2, -0.15) is 0 Å². The highest BCUT2D eigenvalue weighted by Gasteiger charge is 2.42. The predicted molar refractivity (Wildman–Crippen MR) is 118 cm³/mol. The SMILES string of the molecule is Cc1ccccc1-c1ccc(C(=O)N2[C@@H](c3ccccc3Cl)CC[C@H]2C(=O)O)cc1. The number of hydrogen-bond donors (Lipinski definition) is 1. The number of aryl methyl sites for hydroxylation is 1. The second kappa shape index (κ2) is 8.33. The maximum Gasteiger partial charge on any atom is 0.326 e. The van der Waals surface area contributed by atoms with Gasteiger partial charge in [0, 0.05) is 10.6 Å². The molecule has 5 heteroatoms. The zero-order valence-electron chi connectivity index (χ0n) is 16.6. The molecule has 1 heterocycles. The summed E-state index contributed by atoms with van der Waals surface area (Å²) in [6.07, 6.45) is 0.964. The van der Waals surface area contributed by atoms with Gasteiger partial charge in [0.05, 0.1) is 6.04 Å². The van der Waals surface area contributed by atoms with Crippen LogP contribution < -0.4 is 0 Å². The van der Waals surface area contributed by atoms with Gasteiger partial charge in [0.15, 0.2) is 0 Å². The minimum Gasteiger partial charge on any atom is -0.480 e. The molecule has 0 bridgehead atoms. The third kappa shape index (κ3) is 3.71. The van der Waals surface area contributed by atoms with Crippen LogP contribution in [0.15, 0.2) is 72.8 Å². The molecule has 0 aliphatic carbocycles. The summed E-state index contributed by atoms with van der Waals surface area (Å²) in [5, 5.41) is 10.3. The summed E-state index contributed by atoms with van der Waals surface area (Å²) in [4.78, 5) is 26.7. The fourth-order valence-corrected chi connectivity index (χ4v) is 4.49. The van der Waals surface area contributed by atoms with Crippen molar-refractivity contribution in [3.05, 3.63) is 94.5 Å². The van der Waals surface area contributed by atoms with E-state index in [1.54, 1.807) is 18.2 Å². The van der Waals surface area contributed by atoms with E-state index in [2.05, 4.69) is 0 Å². The van der Waals surface area contributed by atoms with Gasteiger partial charge in [-0.3, -0.25) is 4.79 Å². The molecule has 1 aliphatic rings. The molecular weight excluding hydrogens is 398 g/mol. The largest absolute Gasteiger partial charge is 0.480 e. The van der Waals surface area contributed by atoms with Crippen LogP contribution in [-0.4, -0.2) is 27.9 Å². The minimum atomic E-state index is -0.991. The van der Waals surface area contributed by atoms with Gasteiger partial charge in [0.1, 0.15) is 6.04 Å². The van der Waals surface area contributed by atoms with Crippen LogP contribution in [0.4, 0.5) is 0 Å². The zero-order chi connectivity index (χ0) is 21.3. The van der Waals surface area contributed by atoms with Gasteiger partial charge >= 0.3 is 5.97 Å². The summed E-state index contributed by atoms with van der Waals surface area (Å²) in [7, 11) is 0. The molecule has 2 atom stereocenters. The Morgan fingerprint density at radius 1 is 0.933 bits per heavy atom. The summed E-state index contributed by atoms with van der Waals surface area (Å²) in [5.41, 5.74) is 4.53. The van der Waals surface area contributed by atoms with Crippen molar-refractivity contribution in [2.45, 2.75) is 31.8 Å². The number of rotatable bonds is 4. The van der Waals surface area contributed by atoms with Gasteiger partial charge in [0.2, 0.25) is 0 Å². The van der Waals surface area contributed by atoms with Crippen molar-refractivity contribution in [2.24, 2.45) is 0 Å². The van der Waals surface area contributed by atoms with Crippen LogP contribution in [0.25, 0.3) is 11.1 Å². The summed E-state index contributed by atoms with van der Waals surface area (Å²) >= 11 is 6.37. The third-order valence-corrected chi connectivity index (χ3v) is 6.10. The molecule has 4 nitrogen and oxygen atoms in total. The molecule has 30 heavy (non-hydrogen) atoms. The number of carbonyl (C=O) groups excluding carboxylic acids is 1. The number of likely N-dealkylation sites (tertiary alicyclic amines) is 1. The number of carboxylic acids is 1. The monoisotopic (exact) mass is 419 g/mol. The summed E-state index contributed by atoms with van der Waals surface area (Å²) in [5.74, 6) is -1.28. The summed E-state index contributed by atoms with van der Waals surface area (Å²) < 4.78 is 0. The Morgan fingerprint density at radius 2 is 1.60 bits per heavy atom. The number of carboxylic acid groups (broad SMARTS) is 1. The first-order valence-electron chi connectivity index (χ1n) is 9.93. The average molecular weight is 420 g/mol. The maximum atomic E-state index is 13.4. The van der Waals surface area contributed by atoms with E-state index in [4.69, 9.17) is 11.6 Å². The van der Waals surface area contributed by atoms with Crippen LogP contribution in [0.5, 0.6) is 0 Å². The molecule has 4 rings (SSSR count).